The van der Waals surface area contributed by atoms with Crippen molar-refractivity contribution >= 4 is 11.6 Å². The zero-order valence-electron chi connectivity index (χ0n) is 16.8. The van der Waals surface area contributed by atoms with Gasteiger partial charge < -0.3 is 25.0 Å². The molecule has 1 atom stereocenters. The summed E-state index contributed by atoms with van der Waals surface area (Å²) in [7, 11) is 4.91. The van der Waals surface area contributed by atoms with Gasteiger partial charge in [-0.05, 0) is 24.6 Å². The lowest BCUT2D eigenvalue weighted by atomic mass is 10.2. The third kappa shape index (κ3) is 5.28. The Morgan fingerprint density at radius 2 is 1.86 bits per heavy atom. The Morgan fingerprint density at radius 1 is 1.14 bits per heavy atom. The first-order valence-electron chi connectivity index (χ1n) is 9.41. The number of nitrogens with one attached hydrogen (secondary N) is 2. The van der Waals surface area contributed by atoms with E-state index in [9.17, 15) is 8.78 Å². The van der Waals surface area contributed by atoms with Gasteiger partial charge in [-0.1, -0.05) is 0 Å². The molecule has 2 N–H and O–H groups in total. The number of aliphatic imine (C=N–C) groups is 1. The van der Waals surface area contributed by atoms with E-state index in [1.165, 1.54) is 6.07 Å². The smallest absolute Gasteiger partial charge is 0.191 e. The van der Waals surface area contributed by atoms with Gasteiger partial charge in [0.15, 0.2) is 5.96 Å². The molecule has 29 heavy (non-hydrogen) atoms. The molecule has 0 bridgehead atoms. The molecule has 1 fully saturated rings. The van der Waals surface area contributed by atoms with E-state index < -0.39 is 11.6 Å². The SMILES string of the molecule is CN=C(NCc1cc(F)ccc1F)NC1CCN(c2cc(OC)cc(OC)c2)C1. The number of benzene rings is 2. The van der Waals surface area contributed by atoms with Crippen molar-refractivity contribution in [1.29, 1.82) is 0 Å². The number of anilines is 1. The van der Waals surface area contributed by atoms with Crippen LogP contribution in [0.1, 0.15) is 12.0 Å². The Hall–Kier alpha value is -3.03. The summed E-state index contributed by atoms with van der Waals surface area (Å²) >= 11 is 0. The molecule has 1 heterocycles. The van der Waals surface area contributed by atoms with Crippen LogP contribution in [0, 0.1) is 11.6 Å². The number of methoxy groups -OCH3 is 2. The molecule has 1 unspecified atom stereocenters. The largest absolute Gasteiger partial charge is 0.497 e. The second-order valence-corrected chi connectivity index (χ2v) is 6.81. The van der Waals surface area contributed by atoms with Crippen LogP contribution in [0.2, 0.25) is 0 Å². The van der Waals surface area contributed by atoms with Gasteiger partial charge in [0.1, 0.15) is 23.1 Å². The lowest BCUT2D eigenvalue weighted by Gasteiger charge is -2.21. The molecule has 0 aromatic heterocycles. The highest BCUT2D eigenvalue weighted by Crippen LogP contribution is 2.30. The summed E-state index contributed by atoms with van der Waals surface area (Å²) in [6.07, 6.45) is 0.911. The first-order chi connectivity index (χ1) is 14.0. The third-order valence-electron chi connectivity index (χ3n) is 4.91. The monoisotopic (exact) mass is 404 g/mol. The van der Waals surface area contributed by atoms with Crippen LogP contribution in [0.25, 0.3) is 0 Å². The van der Waals surface area contributed by atoms with Gasteiger partial charge in [0.2, 0.25) is 0 Å². The third-order valence-corrected chi connectivity index (χ3v) is 4.91. The molecule has 3 rings (SSSR count). The number of ether oxygens (including phenoxy) is 2. The standard InChI is InChI=1S/C21H26F2N4O2/c1-24-21(25-12-14-8-15(22)4-5-20(14)23)26-16-6-7-27(13-16)17-9-18(28-2)11-19(10-17)29-3/h4-5,8-11,16H,6-7,12-13H2,1-3H3,(H2,24,25,26). The van der Waals surface area contributed by atoms with Gasteiger partial charge in [-0.3, -0.25) is 4.99 Å². The molecule has 0 aliphatic carbocycles. The molecule has 0 amide bonds. The maximum absolute atomic E-state index is 13.8. The quantitative estimate of drug-likeness (QED) is 0.573. The van der Waals surface area contributed by atoms with E-state index in [1.807, 2.05) is 18.2 Å². The lowest BCUT2D eigenvalue weighted by molar-refractivity contribution is 0.394. The van der Waals surface area contributed by atoms with Gasteiger partial charge in [0.05, 0.1) is 14.2 Å². The fraction of sp³-hybridized carbons (Fsp3) is 0.381. The fourth-order valence-electron chi connectivity index (χ4n) is 3.33. The van der Waals surface area contributed by atoms with E-state index in [1.54, 1.807) is 21.3 Å². The van der Waals surface area contributed by atoms with Crippen molar-refractivity contribution in [1.82, 2.24) is 10.6 Å². The van der Waals surface area contributed by atoms with E-state index in [2.05, 4.69) is 20.5 Å². The molecular formula is C21H26F2N4O2. The van der Waals surface area contributed by atoms with Gasteiger partial charge in [-0.25, -0.2) is 8.78 Å². The van der Waals surface area contributed by atoms with Crippen LogP contribution in [0.3, 0.4) is 0 Å². The molecule has 2 aromatic carbocycles. The van der Waals surface area contributed by atoms with Gasteiger partial charge in [-0.2, -0.15) is 0 Å². The van der Waals surface area contributed by atoms with E-state index >= 15 is 0 Å². The van der Waals surface area contributed by atoms with Crippen LogP contribution in [-0.4, -0.2) is 46.4 Å². The van der Waals surface area contributed by atoms with E-state index in [-0.39, 0.29) is 18.2 Å². The highest BCUT2D eigenvalue weighted by molar-refractivity contribution is 5.80. The number of nitrogens with zero attached hydrogens (tertiary/aromatic N) is 2. The molecule has 8 heteroatoms. The molecule has 1 saturated heterocycles. The predicted octanol–water partition coefficient (Wildman–Crippen LogP) is 2.93. The summed E-state index contributed by atoms with van der Waals surface area (Å²) in [5.41, 5.74) is 1.28. The molecule has 6 nitrogen and oxygen atoms in total. The number of halogens is 2. The Balaban J connectivity index is 1.59. The minimum Gasteiger partial charge on any atom is -0.497 e. The maximum Gasteiger partial charge on any atom is 0.191 e. The van der Waals surface area contributed by atoms with Gasteiger partial charge in [0, 0.05) is 62.2 Å². The molecular weight excluding hydrogens is 378 g/mol. The number of hydrogen-bond donors (Lipinski definition) is 2. The Kier molecular flexibility index (Phi) is 6.74. The number of guanidine groups is 1. The molecule has 0 saturated carbocycles. The Bertz CT molecular complexity index is 854. The van der Waals surface area contributed by atoms with E-state index in [4.69, 9.17) is 9.47 Å². The Morgan fingerprint density at radius 3 is 2.52 bits per heavy atom. The van der Waals surface area contributed by atoms with E-state index in [0.29, 0.717) is 5.96 Å². The van der Waals surface area contributed by atoms with Crippen molar-refractivity contribution in [2.45, 2.75) is 19.0 Å². The van der Waals surface area contributed by atoms with Crippen molar-refractivity contribution < 1.29 is 18.3 Å². The van der Waals surface area contributed by atoms with Crippen molar-refractivity contribution in [2.24, 2.45) is 4.99 Å². The first-order valence-corrected chi connectivity index (χ1v) is 9.41. The van der Waals surface area contributed by atoms with Gasteiger partial charge in [-0.15, -0.1) is 0 Å². The van der Waals surface area contributed by atoms with Crippen molar-refractivity contribution in [3.05, 3.63) is 53.6 Å². The molecule has 0 radical (unpaired) electrons. The molecule has 1 aliphatic heterocycles. The molecule has 1 aliphatic rings. The maximum atomic E-state index is 13.8. The number of hydrogen-bond acceptors (Lipinski definition) is 4. The summed E-state index contributed by atoms with van der Waals surface area (Å²) in [5, 5.41) is 6.39. The van der Waals surface area contributed by atoms with Crippen molar-refractivity contribution in [2.75, 3.05) is 39.3 Å². The summed E-state index contributed by atoms with van der Waals surface area (Å²) in [5.74, 6) is 1.11. The van der Waals surface area contributed by atoms with Crippen LogP contribution in [0.4, 0.5) is 14.5 Å². The molecule has 2 aromatic rings. The van der Waals surface area contributed by atoms with Gasteiger partial charge >= 0.3 is 0 Å². The predicted molar refractivity (Wildman–Crippen MR) is 110 cm³/mol. The van der Waals surface area contributed by atoms with E-state index in [0.717, 1.165) is 48.8 Å². The minimum atomic E-state index is -0.466. The number of rotatable bonds is 6. The van der Waals surface area contributed by atoms with Gasteiger partial charge in [0.25, 0.3) is 0 Å². The fourth-order valence-corrected chi connectivity index (χ4v) is 3.33. The first kappa shape index (κ1) is 20.7. The lowest BCUT2D eigenvalue weighted by Crippen LogP contribution is -2.44. The Labute approximate surface area is 169 Å². The van der Waals surface area contributed by atoms with Crippen LogP contribution in [-0.2, 0) is 6.54 Å². The van der Waals surface area contributed by atoms with Crippen LogP contribution >= 0.6 is 0 Å². The average Bonchev–Trinajstić information content (AvgIpc) is 3.21. The normalized spacial score (nSPS) is 16.7. The second-order valence-electron chi connectivity index (χ2n) is 6.81. The van der Waals surface area contributed by atoms with Crippen molar-refractivity contribution in [3.63, 3.8) is 0 Å². The molecule has 0 spiro atoms. The zero-order chi connectivity index (χ0) is 20.8. The average molecular weight is 404 g/mol. The summed E-state index contributed by atoms with van der Waals surface area (Å²) in [6, 6.07) is 9.37. The van der Waals surface area contributed by atoms with Crippen LogP contribution < -0.4 is 25.0 Å². The highest BCUT2D eigenvalue weighted by Gasteiger charge is 2.24. The van der Waals surface area contributed by atoms with Crippen LogP contribution in [0.15, 0.2) is 41.4 Å². The summed E-state index contributed by atoms with van der Waals surface area (Å²) in [6.45, 7) is 1.78. The minimum absolute atomic E-state index is 0.146. The summed E-state index contributed by atoms with van der Waals surface area (Å²) in [4.78, 5) is 6.43. The summed E-state index contributed by atoms with van der Waals surface area (Å²) < 4.78 is 37.8. The highest BCUT2D eigenvalue weighted by atomic mass is 19.1. The topological polar surface area (TPSA) is 58.1 Å². The second kappa shape index (κ2) is 9.45. The molecule has 156 valence electrons. The van der Waals surface area contributed by atoms with Crippen molar-refractivity contribution in [3.8, 4) is 11.5 Å². The van der Waals surface area contributed by atoms with Crippen LogP contribution in [0.5, 0.6) is 11.5 Å². The zero-order valence-corrected chi connectivity index (χ0v) is 16.8.